The van der Waals surface area contributed by atoms with Crippen molar-refractivity contribution in [1.82, 2.24) is 0 Å². The lowest BCUT2D eigenvalue weighted by Crippen LogP contribution is -2.44. The second-order valence-electron chi connectivity index (χ2n) is 6.77. The van der Waals surface area contributed by atoms with Gasteiger partial charge in [0.05, 0.1) is 6.10 Å². The van der Waals surface area contributed by atoms with Crippen molar-refractivity contribution in [3.63, 3.8) is 0 Å². The molecule has 0 saturated heterocycles. The Hall–Kier alpha value is -0.540. The van der Waals surface area contributed by atoms with E-state index in [0.717, 1.165) is 46.9 Å². The van der Waals surface area contributed by atoms with Crippen molar-refractivity contribution in [3.8, 4) is 5.75 Å². The van der Waals surface area contributed by atoms with Crippen LogP contribution in [-0.2, 0) is 0 Å². The number of benzene rings is 1. The van der Waals surface area contributed by atoms with Crippen LogP contribution in [0.4, 0.5) is 0 Å². The summed E-state index contributed by atoms with van der Waals surface area (Å²) in [4.78, 5) is 0. The first-order valence-electron chi connectivity index (χ1n) is 7.66. The molecule has 3 heteroatoms. The molecule has 0 unspecified atom stereocenters. The highest BCUT2D eigenvalue weighted by molar-refractivity contribution is 9.10. The summed E-state index contributed by atoms with van der Waals surface area (Å²) >= 11 is 3.46. The summed E-state index contributed by atoms with van der Waals surface area (Å²) in [6.07, 6.45) is 4.92. The molecule has 0 amide bonds. The zero-order chi connectivity index (χ0) is 14.3. The molecule has 1 aromatic carbocycles. The second kappa shape index (κ2) is 5.34. The highest BCUT2D eigenvalue weighted by atomic mass is 79.9. The van der Waals surface area contributed by atoms with Crippen LogP contribution in [0, 0.1) is 11.8 Å². The van der Waals surface area contributed by atoms with Crippen molar-refractivity contribution in [1.29, 1.82) is 0 Å². The average molecular weight is 339 g/mol. The Kier molecular flexibility index (Phi) is 3.85. The molecule has 1 aliphatic carbocycles. The summed E-state index contributed by atoms with van der Waals surface area (Å²) < 4.78 is 7.33. The Morgan fingerprint density at radius 1 is 1.30 bits per heavy atom. The quantitative estimate of drug-likeness (QED) is 0.792. The summed E-state index contributed by atoms with van der Waals surface area (Å²) in [6, 6.07) is 5.95. The van der Waals surface area contributed by atoms with E-state index in [1.54, 1.807) is 0 Å². The zero-order valence-corrected chi connectivity index (χ0v) is 13.8. The van der Waals surface area contributed by atoms with Crippen molar-refractivity contribution < 1.29 is 9.84 Å². The highest BCUT2D eigenvalue weighted by Crippen LogP contribution is 2.48. The first-order chi connectivity index (χ1) is 9.49. The van der Waals surface area contributed by atoms with Gasteiger partial charge < -0.3 is 9.84 Å². The van der Waals surface area contributed by atoms with Gasteiger partial charge in [0.1, 0.15) is 11.4 Å². The van der Waals surface area contributed by atoms with Crippen LogP contribution < -0.4 is 4.74 Å². The van der Waals surface area contributed by atoms with Crippen LogP contribution in [0.3, 0.4) is 0 Å². The number of hydrogen-bond donors (Lipinski definition) is 1. The maximum atomic E-state index is 10.5. The van der Waals surface area contributed by atoms with E-state index in [0.29, 0.717) is 0 Å². The molecule has 1 atom stereocenters. The maximum Gasteiger partial charge on any atom is 0.126 e. The van der Waals surface area contributed by atoms with E-state index in [4.69, 9.17) is 4.74 Å². The Morgan fingerprint density at radius 3 is 2.65 bits per heavy atom. The summed E-state index contributed by atoms with van der Waals surface area (Å²) in [5, 5.41) is 10.5. The standard InChI is InChI=1S/C17H23BrO2/c1-11(2)12-5-7-17(8-6-12)10-15(19)14-9-13(18)3-4-16(14)20-17/h3-4,9,11-12,15,19H,5-8,10H2,1-2H3/t12?,15-,17?/m1/s1. The fourth-order valence-electron chi connectivity index (χ4n) is 3.75. The molecule has 20 heavy (non-hydrogen) atoms. The third-order valence-electron chi connectivity index (χ3n) is 5.11. The Balaban J connectivity index is 1.80. The van der Waals surface area contributed by atoms with Crippen LogP contribution >= 0.6 is 15.9 Å². The van der Waals surface area contributed by atoms with Crippen molar-refractivity contribution in [2.75, 3.05) is 0 Å². The minimum atomic E-state index is -0.396. The van der Waals surface area contributed by atoms with Crippen LogP contribution in [0.5, 0.6) is 5.75 Å². The molecule has 2 aliphatic rings. The molecule has 1 spiro atoms. The van der Waals surface area contributed by atoms with Crippen molar-refractivity contribution in [2.45, 2.75) is 57.7 Å². The van der Waals surface area contributed by atoms with Gasteiger partial charge in [0.2, 0.25) is 0 Å². The molecule has 1 heterocycles. The molecule has 3 rings (SSSR count). The summed E-state index contributed by atoms with van der Waals surface area (Å²) in [5.41, 5.74) is 0.794. The monoisotopic (exact) mass is 338 g/mol. The largest absolute Gasteiger partial charge is 0.487 e. The predicted octanol–water partition coefficient (Wildman–Crippen LogP) is 4.85. The minimum Gasteiger partial charge on any atom is -0.487 e. The van der Waals surface area contributed by atoms with Crippen LogP contribution in [0.1, 0.15) is 57.6 Å². The third-order valence-corrected chi connectivity index (χ3v) is 5.60. The van der Waals surface area contributed by atoms with Gasteiger partial charge in [0.15, 0.2) is 0 Å². The lowest BCUT2D eigenvalue weighted by atomic mass is 9.71. The number of fused-ring (bicyclic) bond motifs is 1. The average Bonchev–Trinajstić information content (AvgIpc) is 2.40. The normalized spacial score (nSPS) is 33.0. The molecule has 0 radical (unpaired) electrons. The van der Waals surface area contributed by atoms with Crippen LogP contribution in [0.15, 0.2) is 22.7 Å². The van der Waals surface area contributed by atoms with Crippen molar-refractivity contribution in [2.24, 2.45) is 11.8 Å². The van der Waals surface area contributed by atoms with E-state index in [2.05, 4.69) is 29.8 Å². The number of halogens is 1. The Labute approximate surface area is 129 Å². The van der Waals surface area contributed by atoms with E-state index < -0.39 is 6.10 Å². The van der Waals surface area contributed by atoms with E-state index in [-0.39, 0.29) is 5.60 Å². The first-order valence-corrected chi connectivity index (χ1v) is 8.45. The molecule has 1 N–H and O–H groups in total. The molecule has 1 aliphatic heterocycles. The van der Waals surface area contributed by atoms with Gasteiger partial charge in [-0.2, -0.15) is 0 Å². The topological polar surface area (TPSA) is 29.5 Å². The molecule has 0 bridgehead atoms. The summed E-state index contributed by atoms with van der Waals surface area (Å²) in [7, 11) is 0. The highest BCUT2D eigenvalue weighted by Gasteiger charge is 2.43. The number of hydrogen-bond acceptors (Lipinski definition) is 2. The van der Waals surface area contributed by atoms with Gasteiger partial charge >= 0.3 is 0 Å². The number of rotatable bonds is 1. The predicted molar refractivity (Wildman–Crippen MR) is 83.9 cm³/mol. The minimum absolute atomic E-state index is 0.133. The molecule has 0 aromatic heterocycles. The fourth-order valence-corrected chi connectivity index (χ4v) is 4.13. The lowest BCUT2D eigenvalue weighted by molar-refractivity contribution is -0.0503. The van der Waals surface area contributed by atoms with Gasteiger partial charge in [-0.05, 0) is 55.7 Å². The third kappa shape index (κ3) is 2.62. The second-order valence-corrected chi connectivity index (χ2v) is 7.68. The smallest absolute Gasteiger partial charge is 0.126 e. The Bertz CT molecular complexity index is 490. The van der Waals surface area contributed by atoms with E-state index in [9.17, 15) is 5.11 Å². The molecular weight excluding hydrogens is 316 g/mol. The molecule has 110 valence electrons. The molecule has 1 aromatic rings. The molecular formula is C17H23BrO2. The van der Waals surface area contributed by atoms with Gasteiger partial charge in [0, 0.05) is 16.5 Å². The summed E-state index contributed by atoms with van der Waals surface area (Å²) in [5.74, 6) is 2.44. The summed E-state index contributed by atoms with van der Waals surface area (Å²) in [6.45, 7) is 4.62. The van der Waals surface area contributed by atoms with Gasteiger partial charge in [0.25, 0.3) is 0 Å². The van der Waals surface area contributed by atoms with Crippen LogP contribution in [0.2, 0.25) is 0 Å². The van der Waals surface area contributed by atoms with Crippen molar-refractivity contribution >= 4 is 15.9 Å². The van der Waals surface area contributed by atoms with Gasteiger partial charge in [-0.25, -0.2) is 0 Å². The van der Waals surface area contributed by atoms with Crippen molar-refractivity contribution in [3.05, 3.63) is 28.2 Å². The van der Waals surface area contributed by atoms with Crippen LogP contribution in [-0.4, -0.2) is 10.7 Å². The number of aliphatic hydroxyl groups is 1. The molecule has 1 saturated carbocycles. The number of ether oxygens (including phenoxy) is 1. The number of aliphatic hydroxyl groups excluding tert-OH is 1. The maximum absolute atomic E-state index is 10.5. The van der Waals surface area contributed by atoms with Gasteiger partial charge in [-0.1, -0.05) is 29.8 Å². The van der Waals surface area contributed by atoms with E-state index >= 15 is 0 Å². The Morgan fingerprint density at radius 2 is 2.00 bits per heavy atom. The van der Waals surface area contributed by atoms with E-state index in [1.165, 1.54) is 12.8 Å². The molecule has 1 fully saturated rings. The van der Waals surface area contributed by atoms with Gasteiger partial charge in [-0.15, -0.1) is 0 Å². The lowest BCUT2D eigenvalue weighted by Gasteiger charge is -2.45. The fraction of sp³-hybridized carbons (Fsp3) is 0.647. The van der Waals surface area contributed by atoms with Crippen LogP contribution in [0.25, 0.3) is 0 Å². The SMILES string of the molecule is CC(C)C1CCC2(CC1)C[C@@H](O)c1cc(Br)ccc1O2. The zero-order valence-electron chi connectivity index (χ0n) is 12.2. The van der Waals surface area contributed by atoms with Gasteiger partial charge in [-0.3, -0.25) is 0 Å². The molecule has 2 nitrogen and oxygen atoms in total. The van der Waals surface area contributed by atoms with E-state index in [1.807, 2.05) is 18.2 Å². The first kappa shape index (κ1) is 14.4.